The van der Waals surface area contributed by atoms with Crippen molar-refractivity contribution in [1.82, 2.24) is 0 Å². The molecule has 78 valence electrons. The van der Waals surface area contributed by atoms with Crippen LogP contribution in [0.1, 0.15) is 0 Å². The van der Waals surface area contributed by atoms with Crippen molar-refractivity contribution in [3.05, 3.63) is 38.6 Å². The molecular formula is C10H5Cl3OS. The number of rotatable bonds is 1. The van der Waals surface area contributed by atoms with Crippen LogP contribution in [0.5, 0.6) is 5.75 Å². The molecule has 0 aliphatic heterocycles. The second-order valence-corrected chi connectivity index (χ2v) is 5.02. The summed E-state index contributed by atoms with van der Waals surface area (Å²) in [5, 5.41) is 12.5. The molecule has 1 N–H and O–H groups in total. The SMILES string of the molecule is Oc1cc(Cl)c(-c2sccc2Cl)cc1Cl. The van der Waals surface area contributed by atoms with Crippen LogP contribution >= 0.6 is 46.1 Å². The molecular weight excluding hydrogens is 275 g/mol. The Kier molecular flexibility index (Phi) is 3.12. The van der Waals surface area contributed by atoms with Gasteiger partial charge in [0.15, 0.2) is 0 Å². The third-order valence-electron chi connectivity index (χ3n) is 1.90. The molecule has 0 aliphatic carbocycles. The summed E-state index contributed by atoms with van der Waals surface area (Å²) in [6, 6.07) is 4.81. The van der Waals surface area contributed by atoms with Crippen LogP contribution < -0.4 is 0 Å². The standard InChI is InChI=1S/C10H5Cl3OS/c11-6-1-2-15-10(6)5-3-8(13)9(14)4-7(5)12/h1-4,14H. The van der Waals surface area contributed by atoms with E-state index in [1.807, 2.05) is 5.38 Å². The number of phenols is 1. The number of phenolic OH excluding ortho intramolecular Hbond substituents is 1. The molecule has 0 saturated heterocycles. The number of hydrogen-bond acceptors (Lipinski definition) is 2. The zero-order valence-corrected chi connectivity index (χ0v) is 10.4. The van der Waals surface area contributed by atoms with Crippen LogP contribution in [-0.2, 0) is 0 Å². The Labute approximate surface area is 106 Å². The Bertz CT molecular complexity index is 507. The zero-order valence-electron chi connectivity index (χ0n) is 7.30. The van der Waals surface area contributed by atoms with Gasteiger partial charge in [0, 0.05) is 11.6 Å². The normalized spacial score (nSPS) is 10.6. The molecule has 0 bridgehead atoms. The van der Waals surface area contributed by atoms with Crippen LogP contribution in [-0.4, -0.2) is 5.11 Å². The van der Waals surface area contributed by atoms with Gasteiger partial charge in [-0.05, 0) is 17.5 Å². The predicted octanol–water partition coefficient (Wildman–Crippen LogP) is 5.08. The monoisotopic (exact) mass is 278 g/mol. The molecule has 15 heavy (non-hydrogen) atoms. The Morgan fingerprint density at radius 1 is 1.00 bits per heavy atom. The van der Waals surface area contributed by atoms with Gasteiger partial charge < -0.3 is 5.11 Å². The minimum Gasteiger partial charge on any atom is -0.506 e. The number of benzene rings is 1. The van der Waals surface area contributed by atoms with Crippen molar-refractivity contribution in [2.45, 2.75) is 0 Å². The second kappa shape index (κ2) is 4.22. The summed E-state index contributed by atoms with van der Waals surface area (Å²) in [7, 11) is 0. The van der Waals surface area contributed by atoms with Gasteiger partial charge in [0.2, 0.25) is 0 Å². The lowest BCUT2D eigenvalue weighted by atomic mass is 10.2. The van der Waals surface area contributed by atoms with Crippen molar-refractivity contribution in [1.29, 1.82) is 0 Å². The molecule has 0 atom stereocenters. The van der Waals surface area contributed by atoms with Gasteiger partial charge in [0.25, 0.3) is 0 Å². The fourth-order valence-electron chi connectivity index (χ4n) is 1.20. The van der Waals surface area contributed by atoms with Gasteiger partial charge in [-0.1, -0.05) is 34.8 Å². The van der Waals surface area contributed by atoms with Gasteiger partial charge in [0.05, 0.1) is 19.9 Å². The Hall–Kier alpha value is -0.410. The van der Waals surface area contributed by atoms with E-state index in [-0.39, 0.29) is 10.8 Å². The van der Waals surface area contributed by atoms with E-state index in [4.69, 9.17) is 34.8 Å². The van der Waals surface area contributed by atoms with Crippen LogP contribution in [0.2, 0.25) is 15.1 Å². The third kappa shape index (κ3) is 2.08. The fraction of sp³-hybridized carbons (Fsp3) is 0. The van der Waals surface area contributed by atoms with Gasteiger partial charge in [0.1, 0.15) is 5.75 Å². The van der Waals surface area contributed by atoms with E-state index in [1.165, 1.54) is 17.4 Å². The molecule has 0 saturated carbocycles. The number of aromatic hydroxyl groups is 1. The predicted molar refractivity (Wildman–Crippen MR) is 66.4 cm³/mol. The molecule has 0 amide bonds. The number of thiophene rings is 1. The summed E-state index contributed by atoms with van der Waals surface area (Å²) >= 11 is 19.3. The highest BCUT2D eigenvalue weighted by molar-refractivity contribution is 7.14. The quantitative estimate of drug-likeness (QED) is 0.771. The average Bonchev–Trinajstić information content (AvgIpc) is 2.58. The second-order valence-electron chi connectivity index (χ2n) is 2.88. The minimum absolute atomic E-state index is 0.0295. The van der Waals surface area contributed by atoms with E-state index in [9.17, 15) is 5.11 Å². The van der Waals surface area contributed by atoms with Gasteiger partial charge in [-0.2, -0.15) is 0 Å². The number of hydrogen-bond donors (Lipinski definition) is 1. The van der Waals surface area contributed by atoms with Gasteiger partial charge in [-0.15, -0.1) is 11.3 Å². The maximum atomic E-state index is 9.35. The first kappa shape index (κ1) is 11.1. The van der Waals surface area contributed by atoms with E-state index >= 15 is 0 Å². The lowest BCUT2D eigenvalue weighted by molar-refractivity contribution is 0.475. The summed E-state index contributed by atoms with van der Waals surface area (Å²) < 4.78 is 0. The molecule has 1 aromatic heterocycles. The van der Waals surface area contributed by atoms with Crippen LogP contribution in [0.25, 0.3) is 10.4 Å². The lowest BCUT2D eigenvalue weighted by Gasteiger charge is -2.05. The molecule has 1 aromatic carbocycles. The molecule has 2 aromatic rings. The molecule has 5 heteroatoms. The average molecular weight is 280 g/mol. The van der Waals surface area contributed by atoms with E-state index in [1.54, 1.807) is 12.1 Å². The molecule has 2 rings (SSSR count). The largest absolute Gasteiger partial charge is 0.506 e. The summed E-state index contributed by atoms with van der Waals surface area (Å²) in [5.41, 5.74) is 0.736. The van der Waals surface area contributed by atoms with Crippen molar-refractivity contribution in [3.8, 4) is 16.2 Å². The minimum atomic E-state index is -0.0295. The summed E-state index contributed by atoms with van der Waals surface area (Å²) in [5.74, 6) is -0.0295. The van der Waals surface area contributed by atoms with E-state index in [2.05, 4.69) is 0 Å². The fourth-order valence-corrected chi connectivity index (χ4v) is 2.86. The molecule has 0 aliphatic rings. The Morgan fingerprint density at radius 3 is 2.33 bits per heavy atom. The lowest BCUT2D eigenvalue weighted by Crippen LogP contribution is -1.78. The molecule has 0 fully saturated rings. The van der Waals surface area contributed by atoms with Crippen molar-refractivity contribution in [3.63, 3.8) is 0 Å². The van der Waals surface area contributed by atoms with Crippen molar-refractivity contribution in [2.75, 3.05) is 0 Å². The van der Waals surface area contributed by atoms with Crippen molar-refractivity contribution in [2.24, 2.45) is 0 Å². The molecule has 0 spiro atoms. The van der Waals surface area contributed by atoms with E-state index in [0.29, 0.717) is 10.0 Å². The maximum absolute atomic E-state index is 9.35. The highest BCUT2D eigenvalue weighted by Gasteiger charge is 2.12. The van der Waals surface area contributed by atoms with Crippen LogP contribution in [0.4, 0.5) is 0 Å². The maximum Gasteiger partial charge on any atom is 0.135 e. The highest BCUT2D eigenvalue weighted by atomic mass is 35.5. The topological polar surface area (TPSA) is 20.2 Å². The van der Waals surface area contributed by atoms with Gasteiger partial charge in [-0.3, -0.25) is 0 Å². The first-order chi connectivity index (χ1) is 7.09. The molecule has 1 nitrogen and oxygen atoms in total. The molecule has 0 unspecified atom stereocenters. The van der Waals surface area contributed by atoms with Crippen LogP contribution in [0, 0.1) is 0 Å². The molecule has 0 radical (unpaired) electrons. The van der Waals surface area contributed by atoms with Gasteiger partial charge in [-0.25, -0.2) is 0 Å². The first-order valence-electron chi connectivity index (χ1n) is 4.01. The highest BCUT2D eigenvalue weighted by Crippen LogP contribution is 2.41. The smallest absolute Gasteiger partial charge is 0.135 e. The van der Waals surface area contributed by atoms with E-state index in [0.717, 1.165) is 10.4 Å². The zero-order chi connectivity index (χ0) is 11.0. The van der Waals surface area contributed by atoms with Crippen LogP contribution in [0.15, 0.2) is 23.6 Å². The first-order valence-corrected chi connectivity index (χ1v) is 6.02. The van der Waals surface area contributed by atoms with Crippen molar-refractivity contribution < 1.29 is 5.11 Å². The van der Waals surface area contributed by atoms with Gasteiger partial charge >= 0.3 is 0 Å². The van der Waals surface area contributed by atoms with Crippen molar-refractivity contribution >= 4 is 46.1 Å². The summed E-state index contributed by atoms with van der Waals surface area (Å²) in [6.07, 6.45) is 0. The number of halogens is 3. The van der Waals surface area contributed by atoms with Crippen LogP contribution in [0.3, 0.4) is 0 Å². The molecule has 1 heterocycles. The Morgan fingerprint density at radius 2 is 1.73 bits per heavy atom. The summed E-state index contributed by atoms with van der Waals surface area (Å²) in [6.45, 7) is 0. The van der Waals surface area contributed by atoms with E-state index < -0.39 is 0 Å². The Balaban J connectivity index is 2.64. The third-order valence-corrected chi connectivity index (χ3v) is 3.89. The summed E-state index contributed by atoms with van der Waals surface area (Å²) in [4.78, 5) is 0.851.